The van der Waals surface area contributed by atoms with Crippen LogP contribution >= 0.6 is 0 Å². The fraction of sp³-hybridized carbons (Fsp3) is 0.189. The quantitative estimate of drug-likeness (QED) is 0.106. The highest BCUT2D eigenvalue weighted by atomic mass is 19.4. The minimum absolute atomic E-state index is 0.297. The number of ether oxygens (including phenoxy) is 2. The highest BCUT2D eigenvalue weighted by Crippen LogP contribution is 2.36. The van der Waals surface area contributed by atoms with Gasteiger partial charge in [-0.05, 0) is 88.7 Å². The fourth-order valence-corrected chi connectivity index (χ4v) is 5.06. The first-order valence-corrected chi connectivity index (χ1v) is 14.6. The van der Waals surface area contributed by atoms with Crippen LogP contribution in [0.2, 0.25) is 0 Å². The summed E-state index contributed by atoms with van der Waals surface area (Å²) in [4.78, 5) is 0. The van der Waals surface area contributed by atoms with Crippen molar-refractivity contribution in [2.45, 2.75) is 45.1 Å². The molecule has 5 aromatic carbocycles. The predicted octanol–water partition coefficient (Wildman–Crippen LogP) is 11.7. The zero-order valence-electron chi connectivity index (χ0n) is 24.7. The zero-order chi connectivity index (χ0) is 32.9. The van der Waals surface area contributed by atoms with Crippen LogP contribution in [-0.4, -0.2) is 6.36 Å². The van der Waals surface area contributed by atoms with Gasteiger partial charge in [-0.1, -0.05) is 86.5 Å². The Kier molecular flexibility index (Phi) is 9.70. The number of hydrogen-bond acceptors (Lipinski definition) is 2. The van der Waals surface area contributed by atoms with Gasteiger partial charge in [0.05, 0.1) is 5.56 Å². The molecule has 0 atom stereocenters. The van der Waals surface area contributed by atoms with Crippen molar-refractivity contribution in [3.05, 3.63) is 132 Å². The predicted molar refractivity (Wildman–Crippen MR) is 164 cm³/mol. The van der Waals surface area contributed by atoms with Crippen molar-refractivity contribution in [3.63, 3.8) is 0 Å². The normalized spacial score (nSPS) is 11.8. The lowest BCUT2D eigenvalue weighted by atomic mass is 9.96. The summed E-state index contributed by atoms with van der Waals surface area (Å²) in [7, 11) is 0. The third-order valence-electron chi connectivity index (χ3n) is 7.44. The van der Waals surface area contributed by atoms with Gasteiger partial charge in [-0.2, -0.15) is 8.78 Å². The van der Waals surface area contributed by atoms with Crippen molar-refractivity contribution < 1.29 is 40.2 Å². The van der Waals surface area contributed by atoms with Crippen LogP contribution in [0, 0.1) is 11.6 Å². The number of aryl methyl sites for hydroxylation is 1. The van der Waals surface area contributed by atoms with Crippen molar-refractivity contribution in [1.29, 1.82) is 0 Å². The fourth-order valence-electron chi connectivity index (χ4n) is 5.06. The maximum Gasteiger partial charge on any atom is 0.573 e. The van der Waals surface area contributed by atoms with Crippen molar-refractivity contribution in [1.82, 2.24) is 0 Å². The molecule has 0 bridgehead atoms. The summed E-state index contributed by atoms with van der Waals surface area (Å²) in [5, 5.41) is 0. The standard InChI is InChI=1S/C37H29F7O2/c1-2-3-4-5-24-6-8-25(9-7-24)28-14-20-32(34(38)22-28)27-12-10-26(11-13-27)29-15-21-33(35(39)23-29)36(40,41)45-30-16-18-31(19-17-30)46-37(42,43)44/h6-23H,2-5H2,1H3. The SMILES string of the molecule is CCCCCc1ccc(-c2ccc(-c3ccc(-c4ccc(C(F)(F)Oc5ccc(OC(F)(F)F)cc5)c(F)c4)cc3)c(F)c2)cc1. The molecule has 0 saturated heterocycles. The Bertz CT molecular complexity index is 1760. The van der Waals surface area contributed by atoms with Crippen LogP contribution in [0.5, 0.6) is 11.5 Å². The number of benzene rings is 5. The molecule has 0 heterocycles. The van der Waals surface area contributed by atoms with E-state index >= 15 is 4.39 Å². The number of alkyl halides is 5. The molecule has 0 saturated carbocycles. The van der Waals surface area contributed by atoms with E-state index in [1.165, 1.54) is 24.1 Å². The molecule has 0 spiro atoms. The number of halogens is 7. The van der Waals surface area contributed by atoms with Crippen LogP contribution < -0.4 is 9.47 Å². The van der Waals surface area contributed by atoms with Gasteiger partial charge in [0, 0.05) is 5.56 Å². The maximum atomic E-state index is 15.2. The maximum absolute atomic E-state index is 15.2. The Balaban J connectivity index is 1.27. The Hall–Kier alpha value is -4.79. The van der Waals surface area contributed by atoms with Gasteiger partial charge < -0.3 is 9.47 Å². The second kappa shape index (κ2) is 13.7. The minimum Gasteiger partial charge on any atom is -0.429 e. The van der Waals surface area contributed by atoms with Gasteiger partial charge in [-0.3, -0.25) is 0 Å². The Labute approximate surface area is 262 Å². The van der Waals surface area contributed by atoms with E-state index in [2.05, 4.69) is 28.5 Å². The van der Waals surface area contributed by atoms with Crippen LogP contribution in [-0.2, 0) is 12.5 Å². The van der Waals surface area contributed by atoms with E-state index in [-0.39, 0.29) is 0 Å². The molecule has 0 amide bonds. The van der Waals surface area contributed by atoms with Crippen molar-refractivity contribution >= 4 is 0 Å². The largest absolute Gasteiger partial charge is 0.573 e. The molecule has 238 valence electrons. The van der Waals surface area contributed by atoms with E-state index in [0.29, 0.717) is 22.3 Å². The van der Waals surface area contributed by atoms with Crippen LogP contribution in [0.1, 0.15) is 37.3 Å². The molecule has 0 aromatic heterocycles. The third kappa shape index (κ3) is 8.07. The Morgan fingerprint density at radius 1 is 0.522 bits per heavy atom. The first-order valence-electron chi connectivity index (χ1n) is 14.6. The lowest BCUT2D eigenvalue weighted by Gasteiger charge is -2.19. The Morgan fingerprint density at radius 2 is 1.02 bits per heavy atom. The van der Waals surface area contributed by atoms with E-state index in [0.717, 1.165) is 66.8 Å². The van der Waals surface area contributed by atoms with E-state index < -0.39 is 41.2 Å². The van der Waals surface area contributed by atoms with Crippen LogP contribution in [0.4, 0.5) is 30.7 Å². The van der Waals surface area contributed by atoms with Gasteiger partial charge in [-0.15, -0.1) is 13.2 Å². The molecule has 0 radical (unpaired) electrons. The molecule has 0 fully saturated rings. The van der Waals surface area contributed by atoms with E-state index in [1.807, 2.05) is 18.2 Å². The van der Waals surface area contributed by atoms with Gasteiger partial charge in [-0.25, -0.2) is 8.78 Å². The molecule has 0 N–H and O–H groups in total. The van der Waals surface area contributed by atoms with Gasteiger partial charge in [0.1, 0.15) is 23.1 Å². The molecule has 0 aliphatic carbocycles. The molecule has 9 heteroatoms. The van der Waals surface area contributed by atoms with E-state index in [1.54, 1.807) is 30.3 Å². The van der Waals surface area contributed by atoms with Crippen molar-refractivity contribution in [2.75, 3.05) is 0 Å². The molecule has 0 unspecified atom stereocenters. The van der Waals surface area contributed by atoms with Crippen molar-refractivity contribution in [3.8, 4) is 44.9 Å². The topological polar surface area (TPSA) is 18.5 Å². The molecule has 46 heavy (non-hydrogen) atoms. The molecule has 0 aliphatic rings. The van der Waals surface area contributed by atoms with Crippen LogP contribution in [0.25, 0.3) is 33.4 Å². The molecule has 5 rings (SSSR count). The summed E-state index contributed by atoms with van der Waals surface area (Å²) in [5.74, 6) is -2.77. The first-order chi connectivity index (χ1) is 21.9. The third-order valence-corrected chi connectivity index (χ3v) is 7.44. The second-order valence-electron chi connectivity index (χ2n) is 10.8. The van der Waals surface area contributed by atoms with Gasteiger partial charge in [0.25, 0.3) is 0 Å². The zero-order valence-corrected chi connectivity index (χ0v) is 24.7. The van der Waals surface area contributed by atoms with Crippen LogP contribution in [0.15, 0.2) is 109 Å². The lowest BCUT2D eigenvalue weighted by molar-refractivity contribution is -0.274. The summed E-state index contributed by atoms with van der Waals surface area (Å²) < 4.78 is 105. The van der Waals surface area contributed by atoms with Gasteiger partial charge in [0.15, 0.2) is 0 Å². The Morgan fingerprint density at radius 3 is 1.57 bits per heavy atom. The highest BCUT2D eigenvalue weighted by molar-refractivity contribution is 5.74. The summed E-state index contributed by atoms with van der Waals surface area (Å²) in [6.45, 7) is 2.17. The summed E-state index contributed by atoms with van der Waals surface area (Å²) in [6, 6.07) is 26.1. The minimum atomic E-state index is -4.94. The first kappa shape index (κ1) is 32.6. The van der Waals surface area contributed by atoms with E-state index in [9.17, 15) is 26.3 Å². The summed E-state index contributed by atoms with van der Waals surface area (Å²) in [6.07, 6.45) is -4.58. The van der Waals surface area contributed by atoms with Gasteiger partial charge in [0.2, 0.25) is 0 Å². The molecule has 0 aliphatic heterocycles. The highest BCUT2D eigenvalue weighted by Gasteiger charge is 2.38. The van der Waals surface area contributed by atoms with Crippen molar-refractivity contribution in [2.24, 2.45) is 0 Å². The molecule has 5 aromatic rings. The molecule has 2 nitrogen and oxygen atoms in total. The average Bonchev–Trinajstić information content (AvgIpc) is 3.01. The summed E-state index contributed by atoms with van der Waals surface area (Å²) in [5.41, 5.74) is 3.62. The average molecular weight is 639 g/mol. The lowest BCUT2D eigenvalue weighted by Crippen LogP contribution is -2.23. The van der Waals surface area contributed by atoms with Crippen LogP contribution in [0.3, 0.4) is 0 Å². The van der Waals surface area contributed by atoms with E-state index in [4.69, 9.17) is 0 Å². The second-order valence-corrected chi connectivity index (χ2v) is 10.8. The molecular formula is C37H29F7O2. The molecular weight excluding hydrogens is 609 g/mol. The summed E-state index contributed by atoms with van der Waals surface area (Å²) >= 11 is 0. The number of hydrogen-bond donors (Lipinski definition) is 0. The smallest absolute Gasteiger partial charge is 0.429 e. The number of unbranched alkanes of at least 4 members (excludes halogenated alkanes) is 2. The van der Waals surface area contributed by atoms with Gasteiger partial charge >= 0.3 is 12.5 Å². The number of rotatable bonds is 11. The monoisotopic (exact) mass is 638 g/mol.